The average Bonchev–Trinajstić information content (AvgIpc) is 2.74. The average molecular weight is 292 g/mol. The molecule has 0 bridgehead atoms. The number of fused-ring (bicyclic) bond motifs is 5. The van der Waals surface area contributed by atoms with Gasteiger partial charge in [-0.2, -0.15) is 0 Å². The van der Waals surface area contributed by atoms with Crippen LogP contribution in [0.4, 0.5) is 0 Å². The monoisotopic (exact) mass is 292 g/mol. The van der Waals surface area contributed by atoms with Crippen molar-refractivity contribution in [1.82, 2.24) is 0 Å². The second kappa shape index (κ2) is 4.71. The van der Waals surface area contributed by atoms with E-state index in [2.05, 4.69) is 13.8 Å². The molecular weight excluding hydrogens is 260 g/mol. The van der Waals surface area contributed by atoms with Gasteiger partial charge in [0.2, 0.25) is 0 Å². The second-order valence-electron chi connectivity index (χ2n) is 9.37. The predicted octanol–water partition coefficient (Wildman–Crippen LogP) is 3.75. The molecule has 4 rings (SSSR count). The molecule has 4 fully saturated rings. The number of aliphatic hydroxyl groups is 2. The molecule has 2 unspecified atom stereocenters. The molecule has 120 valence electrons. The van der Waals surface area contributed by atoms with E-state index in [1.54, 1.807) is 0 Å². The first-order valence-corrected chi connectivity index (χ1v) is 9.28. The van der Waals surface area contributed by atoms with Gasteiger partial charge in [-0.15, -0.1) is 0 Å². The van der Waals surface area contributed by atoms with Gasteiger partial charge in [-0.3, -0.25) is 0 Å². The molecule has 0 aromatic heterocycles. The van der Waals surface area contributed by atoms with Gasteiger partial charge in [0.15, 0.2) is 0 Å². The van der Waals surface area contributed by atoms with Gasteiger partial charge in [0.05, 0.1) is 12.2 Å². The highest BCUT2D eigenvalue weighted by Crippen LogP contribution is 2.66. The lowest BCUT2D eigenvalue weighted by molar-refractivity contribution is -0.120. The predicted molar refractivity (Wildman–Crippen MR) is 83.7 cm³/mol. The SMILES string of the molecule is C[C@]12CC[C@H]3[C@@H](CC[C@H]4CC(O)CC[C@@]43C)[C@@H]1CC(O)C2. The fourth-order valence-electron chi connectivity index (χ4n) is 7.26. The number of hydrogen-bond acceptors (Lipinski definition) is 2. The van der Waals surface area contributed by atoms with E-state index in [1.165, 1.54) is 32.1 Å². The fraction of sp³-hybridized carbons (Fsp3) is 1.00. The van der Waals surface area contributed by atoms with Crippen molar-refractivity contribution in [2.24, 2.45) is 34.5 Å². The van der Waals surface area contributed by atoms with E-state index in [0.717, 1.165) is 49.4 Å². The first-order valence-electron chi connectivity index (χ1n) is 9.28. The molecule has 0 amide bonds. The lowest BCUT2D eigenvalue weighted by Crippen LogP contribution is -2.53. The topological polar surface area (TPSA) is 40.5 Å². The zero-order chi connectivity index (χ0) is 14.8. The molecule has 21 heavy (non-hydrogen) atoms. The molecule has 0 heterocycles. The van der Waals surface area contributed by atoms with Crippen molar-refractivity contribution in [3.63, 3.8) is 0 Å². The van der Waals surface area contributed by atoms with Crippen molar-refractivity contribution in [2.45, 2.75) is 83.8 Å². The van der Waals surface area contributed by atoms with Crippen LogP contribution in [0.5, 0.6) is 0 Å². The molecule has 0 spiro atoms. The zero-order valence-corrected chi connectivity index (χ0v) is 13.7. The number of hydrogen-bond donors (Lipinski definition) is 2. The van der Waals surface area contributed by atoms with Gasteiger partial charge in [0, 0.05) is 0 Å². The normalized spacial score (nSPS) is 60.0. The van der Waals surface area contributed by atoms with Gasteiger partial charge in [-0.1, -0.05) is 13.8 Å². The Labute approximate surface area is 129 Å². The second-order valence-corrected chi connectivity index (χ2v) is 9.37. The van der Waals surface area contributed by atoms with Crippen LogP contribution in [0, 0.1) is 34.5 Å². The Balaban J connectivity index is 1.62. The number of rotatable bonds is 0. The summed E-state index contributed by atoms with van der Waals surface area (Å²) in [7, 11) is 0. The largest absolute Gasteiger partial charge is 0.393 e. The van der Waals surface area contributed by atoms with Crippen molar-refractivity contribution >= 4 is 0 Å². The van der Waals surface area contributed by atoms with E-state index in [4.69, 9.17) is 0 Å². The summed E-state index contributed by atoms with van der Waals surface area (Å²) in [5.41, 5.74) is 0.884. The fourth-order valence-corrected chi connectivity index (χ4v) is 7.26. The van der Waals surface area contributed by atoms with Crippen LogP contribution in [-0.4, -0.2) is 22.4 Å². The van der Waals surface area contributed by atoms with Crippen LogP contribution in [-0.2, 0) is 0 Å². The Kier molecular flexibility index (Phi) is 3.25. The van der Waals surface area contributed by atoms with Crippen molar-refractivity contribution in [3.05, 3.63) is 0 Å². The summed E-state index contributed by atoms with van der Waals surface area (Å²) in [6, 6.07) is 0. The molecule has 0 saturated heterocycles. The standard InChI is InChI=1S/C19H32O2/c1-18-7-6-16-15(17(18)10-14(21)11-18)4-3-12-9-13(20)5-8-19(12,16)2/h12-17,20-21H,3-11H2,1-2H3/t12-,13?,14?,15+,16-,17-,18+,19-/m0/s1. The first-order chi connectivity index (χ1) is 9.92. The molecule has 2 heteroatoms. The van der Waals surface area contributed by atoms with E-state index < -0.39 is 0 Å². The van der Waals surface area contributed by atoms with Gasteiger partial charge in [0.1, 0.15) is 0 Å². The molecule has 4 aliphatic rings. The molecule has 0 aromatic rings. The Hall–Kier alpha value is -0.0800. The third-order valence-corrected chi connectivity index (χ3v) is 8.38. The Morgan fingerprint density at radius 3 is 2.43 bits per heavy atom. The minimum Gasteiger partial charge on any atom is -0.393 e. The summed E-state index contributed by atoms with van der Waals surface area (Å²) in [4.78, 5) is 0. The van der Waals surface area contributed by atoms with Crippen LogP contribution in [0.1, 0.15) is 71.6 Å². The number of aliphatic hydroxyl groups excluding tert-OH is 2. The maximum atomic E-state index is 10.2. The maximum absolute atomic E-state index is 10.2. The Morgan fingerprint density at radius 1 is 0.810 bits per heavy atom. The van der Waals surface area contributed by atoms with Crippen LogP contribution in [0.2, 0.25) is 0 Å². The lowest BCUT2D eigenvalue weighted by atomic mass is 9.45. The summed E-state index contributed by atoms with van der Waals surface area (Å²) in [5.74, 6) is 3.21. The highest BCUT2D eigenvalue weighted by atomic mass is 16.3. The summed E-state index contributed by atoms with van der Waals surface area (Å²) >= 11 is 0. The highest BCUT2D eigenvalue weighted by molar-refractivity contribution is 5.08. The van der Waals surface area contributed by atoms with Crippen molar-refractivity contribution in [1.29, 1.82) is 0 Å². The molecule has 0 aliphatic heterocycles. The van der Waals surface area contributed by atoms with Gasteiger partial charge in [-0.25, -0.2) is 0 Å². The summed E-state index contributed by atoms with van der Waals surface area (Å²) < 4.78 is 0. The highest BCUT2D eigenvalue weighted by Gasteiger charge is 2.58. The third kappa shape index (κ3) is 2.05. The quantitative estimate of drug-likeness (QED) is 0.714. The summed E-state index contributed by atoms with van der Waals surface area (Å²) in [6.45, 7) is 4.98. The van der Waals surface area contributed by atoms with E-state index in [9.17, 15) is 10.2 Å². The minimum atomic E-state index is -0.0440. The Morgan fingerprint density at radius 2 is 1.62 bits per heavy atom. The molecule has 2 nitrogen and oxygen atoms in total. The van der Waals surface area contributed by atoms with Crippen molar-refractivity contribution in [3.8, 4) is 0 Å². The summed E-state index contributed by atoms with van der Waals surface area (Å²) in [6.07, 6.45) is 10.7. The van der Waals surface area contributed by atoms with E-state index in [1.807, 2.05) is 0 Å². The van der Waals surface area contributed by atoms with Crippen LogP contribution in [0.25, 0.3) is 0 Å². The molecular formula is C19H32O2. The lowest BCUT2D eigenvalue weighted by Gasteiger charge is -2.60. The molecule has 0 aromatic carbocycles. The zero-order valence-electron chi connectivity index (χ0n) is 13.7. The first kappa shape index (κ1) is 14.5. The van der Waals surface area contributed by atoms with Crippen LogP contribution in [0.15, 0.2) is 0 Å². The van der Waals surface area contributed by atoms with E-state index in [-0.39, 0.29) is 12.2 Å². The summed E-state index contributed by atoms with van der Waals surface area (Å²) in [5, 5.41) is 20.3. The van der Waals surface area contributed by atoms with Gasteiger partial charge in [0.25, 0.3) is 0 Å². The van der Waals surface area contributed by atoms with Gasteiger partial charge >= 0.3 is 0 Å². The van der Waals surface area contributed by atoms with Crippen LogP contribution < -0.4 is 0 Å². The molecule has 8 atom stereocenters. The molecule has 0 radical (unpaired) electrons. The third-order valence-electron chi connectivity index (χ3n) is 8.38. The van der Waals surface area contributed by atoms with E-state index >= 15 is 0 Å². The van der Waals surface area contributed by atoms with Crippen LogP contribution >= 0.6 is 0 Å². The van der Waals surface area contributed by atoms with Crippen molar-refractivity contribution in [2.75, 3.05) is 0 Å². The molecule has 4 aliphatic carbocycles. The van der Waals surface area contributed by atoms with Gasteiger partial charge < -0.3 is 10.2 Å². The smallest absolute Gasteiger partial charge is 0.0548 e. The molecule has 4 saturated carbocycles. The van der Waals surface area contributed by atoms with E-state index in [0.29, 0.717) is 10.8 Å². The Bertz CT molecular complexity index is 422. The maximum Gasteiger partial charge on any atom is 0.0548 e. The minimum absolute atomic E-state index is 0.0400. The van der Waals surface area contributed by atoms with Crippen LogP contribution in [0.3, 0.4) is 0 Å². The van der Waals surface area contributed by atoms with Gasteiger partial charge in [-0.05, 0) is 92.3 Å². The van der Waals surface area contributed by atoms with Crippen molar-refractivity contribution < 1.29 is 10.2 Å². The molecule has 2 N–H and O–H groups in total.